The van der Waals surface area contributed by atoms with Crippen molar-refractivity contribution in [1.82, 2.24) is 0 Å². The molecule has 0 radical (unpaired) electrons. The predicted molar refractivity (Wildman–Crippen MR) is 87.5 cm³/mol. The van der Waals surface area contributed by atoms with Crippen LogP contribution in [-0.2, 0) is 20.7 Å². The maximum atomic E-state index is 12.8. The summed E-state index contributed by atoms with van der Waals surface area (Å²) in [5, 5.41) is 22.0. The molecule has 0 aliphatic heterocycles. The number of amides is 1. The third kappa shape index (κ3) is 5.10. The summed E-state index contributed by atoms with van der Waals surface area (Å²) in [6, 6.07) is 10.4. The van der Waals surface area contributed by atoms with Crippen molar-refractivity contribution in [3.63, 3.8) is 0 Å². The maximum absolute atomic E-state index is 12.8. The molecule has 0 bridgehead atoms. The zero-order valence-corrected chi connectivity index (χ0v) is 13.3. The molecule has 132 valence electrons. The van der Waals surface area contributed by atoms with Gasteiger partial charge in [0.1, 0.15) is 11.9 Å². The molecule has 0 aromatic heterocycles. The van der Waals surface area contributed by atoms with Crippen LogP contribution in [0.25, 0.3) is 0 Å². The van der Waals surface area contributed by atoms with E-state index in [1.165, 1.54) is 30.3 Å². The van der Waals surface area contributed by atoms with E-state index in [-0.39, 0.29) is 23.4 Å². The molecule has 1 amide bonds. The second-order valence-corrected chi connectivity index (χ2v) is 5.11. The van der Waals surface area contributed by atoms with Crippen LogP contribution in [0.5, 0.6) is 0 Å². The molecule has 0 saturated heterocycles. The third-order valence-electron chi connectivity index (χ3n) is 3.23. The van der Waals surface area contributed by atoms with Gasteiger partial charge in [-0.2, -0.15) is 5.26 Å². The van der Waals surface area contributed by atoms with Gasteiger partial charge in [0.15, 0.2) is 6.61 Å². The van der Waals surface area contributed by atoms with Crippen molar-refractivity contribution in [2.45, 2.75) is 6.42 Å². The fourth-order valence-corrected chi connectivity index (χ4v) is 2.00. The predicted octanol–water partition coefficient (Wildman–Crippen LogP) is 2.33. The summed E-state index contributed by atoms with van der Waals surface area (Å²) in [7, 11) is 0. The van der Waals surface area contributed by atoms with Crippen molar-refractivity contribution < 1.29 is 23.6 Å². The Bertz CT molecular complexity index is 890. The standard InChI is InChI=1S/C17H12FN3O5/c18-13-3-1-11(2-4-13)7-17(23)26-10-16(22)20-15-6-5-14(21(24)25)8-12(15)9-19/h1-6,8H,7,10H2,(H,20,22). The average Bonchev–Trinajstić information content (AvgIpc) is 2.62. The minimum atomic E-state index is -0.706. The Hall–Kier alpha value is -3.80. The number of nitrogens with one attached hydrogen (secondary N) is 1. The molecule has 0 atom stereocenters. The van der Waals surface area contributed by atoms with Gasteiger partial charge in [0, 0.05) is 12.1 Å². The van der Waals surface area contributed by atoms with Crippen LogP contribution < -0.4 is 5.32 Å². The molecule has 1 N–H and O–H groups in total. The van der Waals surface area contributed by atoms with Crippen LogP contribution in [0.1, 0.15) is 11.1 Å². The summed E-state index contributed by atoms with van der Waals surface area (Å²) in [5.74, 6) is -1.82. The van der Waals surface area contributed by atoms with Crippen molar-refractivity contribution >= 4 is 23.3 Å². The minimum absolute atomic E-state index is 0.0673. The highest BCUT2D eigenvalue weighted by Crippen LogP contribution is 2.21. The van der Waals surface area contributed by atoms with Gasteiger partial charge < -0.3 is 10.1 Å². The van der Waals surface area contributed by atoms with Crippen molar-refractivity contribution in [1.29, 1.82) is 5.26 Å². The number of hydrogen-bond acceptors (Lipinski definition) is 6. The van der Waals surface area contributed by atoms with Crippen LogP contribution in [0.2, 0.25) is 0 Å². The van der Waals surface area contributed by atoms with E-state index in [0.717, 1.165) is 12.1 Å². The van der Waals surface area contributed by atoms with Crippen LogP contribution in [0.3, 0.4) is 0 Å². The summed E-state index contributed by atoms with van der Waals surface area (Å²) in [6.45, 7) is -0.595. The van der Waals surface area contributed by atoms with E-state index >= 15 is 0 Å². The van der Waals surface area contributed by atoms with Crippen LogP contribution in [0.4, 0.5) is 15.8 Å². The van der Waals surface area contributed by atoms with E-state index < -0.39 is 29.2 Å². The SMILES string of the molecule is N#Cc1cc([N+](=O)[O-])ccc1NC(=O)COC(=O)Cc1ccc(F)cc1. The lowest BCUT2D eigenvalue weighted by Gasteiger charge is -2.08. The average molecular weight is 357 g/mol. The number of hydrogen-bond donors (Lipinski definition) is 1. The lowest BCUT2D eigenvalue weighted by molar-refractivity contribution is -0.384. The summed E-state index contributed by atoms with van der Waals surface area (Å²) in [4.78, 5) is 33.5. The highest BCUT2D eigenvalue weighted by molar-refractivity contribution is 5.94. The maximum Gasteiger partial charge on any atom is 0.310 e. The summed E-state index contributed by atoms with van der Waals surface area (Å²) >= 11 is 0. The Morgan fingerprint density at radius 2 is 1.92 bits per heavy atom. The van der Waals surface area contributed by atoms with Crippen LogP contribution in [-0.4, -0.2) is 23.4 Å². The van der Waals surface area contributed by atoms with Gasteiger partial charge in [-0.1, -0.05) is 12.1 Å². The van der Waals surface area contributed by atoms with Gasteiger partial charge in [-0.15, -0.1) is 0 Å². The number of ether oxygens (including phenoxy) is 1. The number of carbonyl (C=O) groups is 2. The first-order chi connectivity index (χ1) is 12.4. The fraction of sp³-hybridized carbons (Fsp3) is 0.118. The van der Waals surface area contributed by atoms with E-state index in [9.17, 15) is 24.1 Å². The number of esters is 1. The number of anilines is 1. The minimum Gasteiger partial charge on any atom is -0.455 e. The van der Waals surface area contributed by atoms with E-state index in [4.69, 9.17) is 10.00 Å². The number of benzene rings is 2. The number of nitrogens with zero attached hydrogens (tertiary/aromatic N) is 2. The fourth-order valence-electron chi connectivity index (χ4n) is 2.00. The van der Waals surface area contributed by atoms with E-state index in [0.29, 0.717) is 5.56 Å². The van der Waals surface area contributed by atoms with Crippen molar-refractivity contribution in [3.8, 4) is 6.07 Å². The van der Waals surface area contributed by atoms with Gasteiger partial charge in [-0.05, 0) is 23.8 Å². The lowest BCUT2D eigenvalue weighted by Crippen LogP contribution is -2.22. The quantitative estimate of drug-likeness (QED) is 0.481. The molecule has 9 heteroatoms. The number of non-ortho nitro benzene ring substituents is 1. The van der Waals surface area contributed by atoms with Gasteiger partial charge in [0.05, 0.1) is 22.6 Å². The second kappa shape index (κ2) is 8.34. The molecule has 0 unspecified atom stereocenters. The molecule has 0 aliphatic carbocycles. The lowest BCUT2D eigenvalue weighted by atomic mass is 10.1. The third-order valence-corrected chi connectivity index (χ3v) is 3.23. The molecular weight excluding hydrogens is 345 g/mol. The van der Waals surface area contributed by atoms with Gasteiger partial charge in [-0.25, -0.2) is 4.39 Å². The molecule has 0 spiro atoms. The Morgan fingerprint density at radius 1 is 1.23 bits per heavy atom. The first-order valence-corrected chi connectivity index (χ1v) is 7.27. The largest absolute Gasteiger partial charge is 0.455 e. The summed E-state index contributed by atoms with van der Waals surface area (Å²) in [6.07, 6.45) is -0.130. The summed E-state index contributed by atoms with van der Waals surface area (Å²) in [5.41, 5.74) is 0.215. The topological polar surface area (TPSA) is 122 Å². The number of nitro benzene ring substituents is 1. The zero-order chi connectivity index (χ0) is 19.1. The molecule has 0 aliphatic rings. The number of nitriles is 1. The van der Waals surface area contributed by atoms with Crippen molar-refractivity contribution in [3.05, 3.63) is 69.5 Å². The smallest absolute Gasteiger partial charge is 0.310 e. The van der Waals surface area contributed by atoms with Crippen molar-refractivity contribution in [2.75, 3.05) is 11.9 Å². The molecule has 2 rings (SSSR count). The van der Waals surface area contributed by atoms with Crippen LogP contribution in [0.15, 0.2) is 42.5 Å². The molecule has 26 heavy (non-hydrogen) atoms. The van der Waals surface area contributed by atoms with E-state index in [1.807, 2.05) is 0 Å². The van der Waals surface area contributed by atoms with Gasteiger partial charge in [0.2, 0.25) is 0 Å². The highest BCUT2D eigenvalue weighted by atomic mass is 19.1. The zero-order valence-electron chi connectivity index (χ0n) is 13.3. The number of rotatable bonds is 6. The summed E-state index contributed by atoms with van der Waals surface area (Å²) < 4.78 is 17.6. The molecule has 8 nitrogen and oxygen atoms in total. The van der Waals surface area contributed by atoms with Gasteiger partial charge in [-0.3, -0.25) is 19.7 Å². The monoisotopic (exact) mass is 357 g/mol. The molecule has 0 heterocycles. The van der Waals surface area contributed by atoms with Crippen molar-refractivity contribution in [2.24, 2.45) is 0 Å². The van der Waals surface area contributed by atoms with Gasteiger partial charge >= 0.3 is 5.97 Å². The normalized spacial score (nSPS) is 9.85. The van der Waals surface area contributed by atoms with Crippen LogP contribution >= 0.6 is 0 Å². The highest BCUT2D eigenvalue weighted by Gasteiger charge is 2.14. The number of nitro groups is 1. The first-order valence-electron chi connectivity index (χ1n) is 7.27. The Labute approximate surface area is 147 Å². The molecule has 2 aromatic rings. The number of halogens is 1. The van der Waals surface area contributed by atoms with Crippen LogP contribution in [0, 0.1) is 27.3 Å². The molecular formula is C17H12FN3O5. The molecule has 0 fully saturated rings. The van der Waals surface area contributed by atoms with E-state index in [2.05, 4.69) is 5.32 Å². The Kier molecular flexibility index (Phi) is 5.95. The first kappa shape index (κ1) is 18.5. The Morgan fingerprint density at radius 3 is 2.54 bits per heavy atom. The number of carbonyl (C=O) groups excluding carboxylic acids is 2. The van der Waals surface area contributed by atoms with E-state index in [1.54, 1.807) is 6.07 Å². The second-order valence-electron chi connectivity index (χ2n) is 5.11. The Balaban J connectivity index is 1.90. The molecule has 2 aromatic carbocycles. The van der Waals surface area contributed by atoms with Gasteiger partial charge in [0.25, 0.3) is 11.6 Å². The molecule has 0 saturated carbocycles.